The van der Waals surface area contributed by atoms with E-state index in [-0.39, 0.29) is 22.6 Å². The zero-order valence-corrected chi connectivity index (χ0v) is 19.8. The predicted molar refractivity (Wildman–Crippen MR) is 127 cm³/mol. The van der Waals surface area contributed by atoms with Crippen LogP contribution in [0, 0.1) is 5.82 Å². The molecule has 2 amide bonds. The Morgan fingerprint density at radius 2 is 1.84 bits per heavy atom. The number of aromatic nitrogens is 2. The molecule has 11 heteroatoms. The van der Waals surface area contributed by atoms with Gasteiger partial charge in [-0.25, -0.2) is 4.39 Å². The smallest absolute Gasteiger partial charge is 0.286 e. The second kappa shape index (κ2) is 12.8. The molecule has 0 bridgehead atoms. The summed E-state index contributed by atoms with van der Waals surface area (Å²) in [6, 6.07) is 5.51. The van der Waals surface area contributed by atoms with Crippen LogP contribution >= 0.6 is 23.1 Å². The van der Waals surface area contributed by atoms with Gasteiger partial charge in [0.1, 0.15) is 10.8 Å². The molecule has 0 atom stereocenters. The summed E-state index contributed by atoms with van der Waals surface area (Å²) < 4.78 is 12.9. The van der Waals surface area contributed by atoms with Gasteiger partial charge >= 0.3 is 0 Å². The topological polar surface area (TPSA) is 90.5 Å². The molecule has 2 N–H and O–H groups in total. The number of halogens is 1. The fourth-order valence-corrected chi connectivity index (χ4v) is 4.90. The van der Waals surface area contributed by atoms with E-state index in [4.69, 9.17) is 0 Å². The van der Waals surface area contributed by atoms with Crippen molar-refractivity contribution in [3.05, 3.63) is 40.1 Å². The molecule has 1 aliphatic rings. The molecular weight excluding hydrogens is 451 g/mol. The number of benzene rings is 1. The molecule has 0 saturated carbocycles. The van der Waals surface area contributed by atoms with Crippen LogP contribution in [0.5, 0.6) is 0 Å². The average molecular weight is 481 g/mol. The lowest BCUT2D eigenvalue weighted by Gasteiger charge is -2.33. The summed E-state index contributed by atoms with van der Waals surface area (Å²) in [4.78, 5) is 29.1. The maximum absolute atomic E-state index is 12.9. The lowest BCUT2D eigenvalue weighted by Crippen LogP contribution is -2.46. The van der Waals surface area contributed by atoms with E-state index in [2.05, 4.69) is 37.6 Å². The van der Waals surface area contributed by atoms with E-state index >= 15 is 0 Å². The lowest BCUT2D eigenvalue weighted by atomic mass is 10.3. The Kier molecular flexibility index (Phi) is 9.85. The summed E-state index contributed by atoms with van der Waals surface area (Å²) in [6.07, 6.45) is 0.950. The van der Waals surface area contributed by atoms with Gasteiger partial charge < -0.3 is 20.4 Å². The van der Waals surface area contributed by atoms with Crippen LogP contribution in [0.3, 0.4) is 0 Å². The first kappa shape index (κ1) is 24.6. The molecule has 0 aliphatic carbocycles. The number of likely N-dealkylation sites (N-methyl/N-ethyl adjacent to an activating group) is 1. The molecule has 1 aliphatic heterocycles. The highest BCUT2D eigenvalue weighted by Gasteiger charge is 2.15. The number of carbonyl (C=O) groups excluding carboxylic acids is 2. The van der Waals surface area contributed by atoms with Crippen molar-refractivity contribution in [1.82, 2.24) is 25.3 Å². The molecule has 0 spiro atoms. The molecule has 0 radical (unpaired) electrons. The summed E-state index contributed by atoms with van der Waals surface area (Å²) in [7, 11) is 0. The van der Waals surface area contributed by atoms with Crippen LogP contribution in [0.1, 0.15) is 28.2 Å². The van der Waals surface area contributed by atoms with Gasteiger partial charge in [0.2, 0.25) is 10.9 Å². The van der Waals surface area contributed by atoms with Gasteiger partial charge in [-0.15, -0.1) is 22.0 Å². The Balaban J connectivity index is 1.27. The van der Waals surface area contributed by atoms with E-state index in [1.165, 1.54) is 47.4 Å². The molecule has 2 heterocycles. The highest BCUT2D eigenvalue weighted by Crippen LogP contribution is 2.18. The van der Waals surface area contributed by atoms with Gasteiger partial charge in [-0.3, -0.25) is 9.59 Å². The van der Waals surface area contributed by atoms with Gasteiger partial charge in [-0.1, -0.05) is 18.3 Å². The SMILES string of the molecule is CCN1CCN(CCCNC(=O)CSCc2nnc(C(=O)Nc3ccc(F)cc3)s2)CC1. The van der Waals surface area contributed by atoms with E-state index in [1.54, 1.807) is 0 Å². The van der Waals surface area contributed by atoms with Crippen molar-refractivity contribution in [3.8, 4) is 0 Å². The van der Waals surface area contributed by atoms with E-state index < -0.39 is 0 Å². The zero-order valence-electron chi connectivity index (χ0n) is 18.2. The third kappa shape index (κ3) is 8.12. The second-order valence-corrected chi connectivity index (χ2v) is 9.48. The van der Waals surface area contributed by atoms with Gasteiger partial charge in [0.25, 0.3) is 5.91 Å². The Labute approximate surface area is 196 Å². The number of nitrogens with zero attached hydrogens (tertiary/aromatic N) is 4. The molecule has 32 heavy (non-hydrogen) atoms. The van der Waals surface area contributed by atoms with Gasteiger partial charge in [-0.05, 0) is 43.8 Å². The summed E-state index contributed by atoms with van der Waals surface area (Å²) in [5, 5.41) is 14.4. The van der Waals surface area contributed by atoms with Crippen molar-refractivity contribution in [1.29, 1.82) is 0 Å². The first-order valence-corrected chi connectivity index (χ1v) is 12.7. The Hall–Kier alpha value is -2.08. The molecule has 0 unspecified atom stereocenters. The van der Waals surface area contributed by atoms with Crippen molar-refractivity contribution in [3.63, 3.8) is 0 Å². The van der Waals surface area contributed by atoms with Crippen LogP contribution in [-0.2, 0) is 10.5 Å². The second-order valence-electron chi connectivity index (χ2n) is 7.43. The largest absolute Gasteiger partial charge is 0.355 e. The molecule has 1 fully saturated rings. The molecule has 2 aromatic rings. The summed E-state index contributed by atoms with van der Waals surface area (Å²) in [6.45, 7) is 9.45. The molecule has 174 valence electrons. The number of hydrogen-bond donors (Lipinski definition) is 2. The number of rotatable bonds is 11. The van der Waals surface area contributed by atoms with E-state index in [1.807, 2.05) is 0 Å². The Morgan fingerprint density at radius 1 is 1.12 bits per heavy atom. The standard InChI is InChI=1S/C21H29FN6O2S2/c1-2-27-10-12-28(13-11-27)9-3-8-23-18(29)14-31-15-19-25-26-21(32-19)20(30)24-17-6-4-16(22)5-7-17/h4-7H,2-3,8-15H2,1H3,(H,23,29)(H,24,30). The van der Waals surface area contributed by atoms with Crippen molar-refractivity contribution >= 4 is 40.6 Å². The molecule has 1 aromatic heterocycles. The van der Waals surface area contributed by atoms with Crippen LogP contribution < -0.4 is 10.6 Å². The van der Waals surface area contributed by atoms with Gasteiger partial charge in [0.05, 0.1) is 5.75 Å². The number of thioether (sulfide) groups is 1. The minimum absolute atomic E-state index is 0.00425. The fourth-order valence-electron chi connectivity index (χ4n) is 3.26. The monoisotopic (exact) mass is 480 g/mol. The fraction of sp³-hybridized carbons (Fsp3) is 0.524. The quantitative estimate of drug-likeness (QED) is 0.477. The molecule has 1 aromatic carbocycles. The molecule has 3 rings (SSSR count). The van der Waals surface area contributed by atoms with Crippen LogP contribution in [-0.4, -0.2) is 83.4 Å². The minimum atomic E-state index is -0.390. The average Bonchev–Trinajstić information content (AvgIpc) is 3.28. The third-order valence-corrected chi connectivity index (χ3v) is 7.16. The number of piperazine rings is 1. The molecule has 8 nitrogen and oxygen atoms in total. The summed E-state index contributed by atoms with van der Waals surface area (Å²) in [5.74, 6) is 0.0965. The van der Waals surface area contributed by atoms with E-state index in [0.29, 0.717) is 28.7 Å². The first-order valence-electron chi connectivity index (χ1n) is 10.7. The van der Waals surface area contributed by atoms with E-state index in [9.17, 15) is 14.0 Å². The van der Waals surface area contributed by atoms with Gasteiger partial charge in [0, 0.05) is 44.2 Å². The van der Waals surface area contributed by atoms with Crippen LogP contribution in [0.2, 0.25) is 0 Å². The van der Waals surface area contributed by atoms with Gasteiger partial charge in [0.15, 0.2) is 0 Å². The normalized spacial score (nSPS) is 14.9. The third-order valence-electron chi connectivity index (χ3n) is 5.11. The summed E-state index contributed by atoms with van der Waals surface area (Å²) >= 11 is 2.62. The molecular formula is C21H29FN6O2S2. The van der Waals surface area contributed by atoms with Crippen LogP contribution in [0.4, 0.5) is 10.1 Å². The van der Waals surface area contributed by atoms with Crippen molar-refractivity contribution < 1.29 is 14.0 Å². The lowest BCUT2D eigenvalue weighted by molar-refractivity contribution is -0.118. The van der Waals surface area contributed by atoms with E-state index in [0.717, 1.165) is 45.7 Å². The highest BCUT2D eigenvalue weighted by molar-refractivity contribution is 7.99. The zero-order chi connectivity index (χ0) is 22.8. The Bertz CT molecular complexity index is 871. The highest BCUT2D eigenvalue weighted by atomic mass is 32.2. The maximum Gasteiger partial charge on any atom is 0.286 e. The van der Waals surface area contributed by atoms with Crippen molar-refractivity contribution in [2.75, 3.05) is 56.9 Å². The minimum Gasteiger partial charge on any atom is -0.355 e. The van der Waals surface area contributed by atoms with Crippen LogP contribution in [0.25, 0.3) is 0 Å². The number of amides is 2. The number of carbonyl (C=O) groups is 2. The number of anilines is 1. The number of hydrogen-bond acceptors (Lipinski definition) is 8. The maximum atomic E-state index is 12.9. The Morgan fingerprint density at radius 3 is 2.56 bits per heavy atom. The van der Waals surface area contributed by atoms with Gasteiger partial charge in [-0.2, -0.15) is 0 Å². The van der Waals surface area contributed by atoms with Crippen molar-refractivity contribution in [2.45, 2.75) is 19.1 Å². The van der Waals surface area contributed by atoms with Crippen LogP contribution in [0.15, 0.2) is 24.3 Å². The summed E-state index contributed by atoms with van der Waals surface area (Å²) in [5.41, 5.74) is 0.488. The first-order chi connectivity index (χ1) is 15.5. The molecule has 1 saturated heterocycles. The van der Waals surface area contributed by atoms with Crippen molar-refractivity contribution in [2.24, 2.45) is 0 Å². The number of nitrogens with one attached hydrogen (secondary N) is 2. The predicted octanol–water partition coefficient (Wildman–Crippen LogP) is 2.31.